The van der Waals surface area contributed by atoms with E-state index in [0.717, 1.165) is 31.7 Å². The lowest BCUT2D eigenvalue weighted by Crippen LogP contribution is -2.43. The number of nitrogens with one attached hydrogen (secondary N) is 2. The van der Waals surface area contributed by atoms with Crippen LogP contribution in [0.2, 0.25) is 0 Å². The van der Waals surface area contributed by atoms with Gasteiger partial charge in [0.1, 0.15) is 5.82 Å². The molecule has 2 N–H and O–H groups in total. The molecular weight excluding hydrogens is 445 g/mol. The Morgan fingerprint density at radius 3 is 2.64 bits per heavy atom. The van der Waals surface area contributed by atoms with Crippen molar-refractivity contribution in [2.45, 2.75) is 50.1 Å². The minimum Gasteiger partial charge on any atom is -0.348 e. The summed E-state index contributed by atoms with van der Waals surface area (Å²) < 4.78 is 41.5. The van der Waals surface area contributed by atoms with Gasteiger partial charge < -0.3 is 10.3 Å². The number of amides is 1. The van der Waals surface area contributed by atoms with Gasteiger partial charge in [-0.2, -0.15) is 4.31 Å². The molecule has 174 valence electrons. The second-order valence-corrected chi connectivity index (χ2v) is 10.1. The zero-order valence-electron chi connectivity index (χ0n) is 18.3. The molecule has 1 amide bonds. The van der Waals surface area contributed by atoms with Crippen LogP contribution in [0, 0.1) is 5.82 Å². The summed E-state index contributed by atoms with van der Waals surface area (Å²) in [5.74, 6) is -0.896. The first-order valence-corrected chi connectivity index (χ1v) is 12.4. The monoisotopic (exact) mass is 471 g/mol. The van der Waals surface area contributed by atoms with Crippen molar-refractivity contribution in [3.05, 3.63) is 75.8 Å². The highest BCUT2D eigenvalue weighted by atomic mass is 32.2. The Morgan fingerprint density at radius 1 is 1.15 bits per heavy atom. The fourth-order valence-electron chi connectivity index (χ4n) is 4.29. The Morgan fingerprint density at radius 2 is 1.91 bits per heavy atom. The van der Waals surface area contributed by atoms with Gasteiger partial charge in [0.25, 0.3) is 5.91 Å². The van der Waals surface area contributed by atoms with Gasteiger partial charge in [-0.3, -0.25) is 9.59 Å². The van der Waals surface area contributed by atoms with Gasteiger partial charge in [-0.1, -0.05) is 25.5 Å². The zero-order valence-corrected chi connectivity index (χ0v) is 19.1. The van der Waals surface area contributed by atoms with Crippen molar-refractivity contribution in [1.29, 1.82) is 0 Å². The average Bonchev–Trinajstić information content (AvgIpc) is 2.82. The Balaban J connectivity index is 1.69. The summed E-state index contributed by atoms with van der Waals surface area (Å²) in [7, 11) is -3.75. The third kappa shape index (κ3) is 4.84. The van der Waals surface area contributed by atoms with E-state index in [1.807, 2.05) is 6.92 Å². The number of halogens is 1. The molecule has 0 unspecified atom stereocenters. The predicted octanol–water partition coefficient (Wildman–Crippen LogP) is 3.55. The number of sulfonamides is 1. The van der Waals surface area contributed by atoms with Crippen LogP contribution in [-0.4, -0.2) is 36.2 Å². The molecule has 0 radical (unpaired) electrons. The first-order chi connectivity index (χ1) is 15.8. The molecule has 0 saturated carbocycles. The second kappa shape index (κ2) is 9.44. The predicted molar refractivity (Wildman–Crippen MR) is 124 cm³/mol. The third-order valence-electron chi connectivity index (χ3n) is 6.08. The van der Waals surface area contributed by atoms with Crippen molar-refractivity contribution < 1.29 is 17.6 Å². The number of hydrogen-bond acceptors (Lipinski definition) is 4. The van der Waals surface area contributed by atoms with Crippen LogP contribution in [0.3, 0.4) is 0 Å². The SMILES string of the molecule is CC[C@@H]1CCCCN1S(=O)(=O)c1ccc2[nH]c(=O)cc(C(=O)NCc3ccc(F)cc3)c2c1. The van der Waals surface area contributed by atoms with Gasteiger partial charge in [-0.25, -0.2) is 12.8 Å². The van der Waals surface area contributed by atoms with Gasteiger partial charge in [0.15, 0.2) is 0 Å². The standard InChI is InChI=1S/C24H26FN3O4S/c1-2-18-5-3-4-12-28(18)33(31,32)19-10-11-22-20(13-19)21(14-23(29)27-22)24(30)26-15-16-6-8-17(25)9-7-16/h6-11,13-14,18H,2-5,12,15H2,1H3,(H,26,30)(H,27,29)/t18-/m1/s1. The van der Waals surface area contributed by atoms with E-state index < -0.39 is 21.5 Å². The molecule has 2 aromatic carbocycles. The van der Waals surface area contributed by atoms with Crippen molar-refractivity contribution in [2.24, 2.45) is 0 Å². The molecule has 0 spiro atoms. The van der Waals surface area contributed by atoms with Gasteiger partial charge in [-0.05, 0) is 55.2 Å². The summed E-state index contributed by atoms with van der Waals surface area (Å²) in [5.41, 5.74) is 0.683. The maximum atomic E-state index is 13.4. The molecule has 9 heteroatoms. The largest absolute Gasteiger partial charge is 0.348 e. The van der Waals surface area contributed by atoms with Crippen LogP contribution in [0.1, 0.15) is 48.5 Å². The van der Waals surface area contributed by atoms with E-state index in [1.165, 1.54) is 30.3 Å². The van der Waals surface area contributed by atoms with Crippen LogP contribution in [0.25, 0.3) is 10.9 Å². The summed E-state index contributed by atoms with van der Waals surface area (Å²) in [6.07, 6.45) is 3.38. The Kier molecular flexibility index (Phi) is 6.62. The van der Waals surface area contributed by atoms with Crippen LogP contribution < -0.4 is 10.9 Å². The van der Waals surface area contributed by atoms with Crippen LogP contribution in [-0.2, 0) is 16.6 Å². The van der Waals surface area contributed by atoms with E-state index in [0.29, 0.717) is 23.0 Å². The molecule has 4 rings (SSSR count). The highest BCUT2D eigenvalue weighted by Gasteiger charge is 2.32. The summed E-state index contributed by atoms with van der Waals surface area (Å²) in [6.45, 7) is 2.58. The number of benzene rings is 2. The lowest BCUT2D eigenvalue weighted by Gasteiger charge is -2.34. The van der Waals surface area contributed by atoms with Gasteiger partial charge in [0.2, 0.25) is 15.6 Å². The Labute approximate surface area is 191 Å². The maximum absolute atomic E-state index is 13.4. The summed E-state index contributed by atoms with van der Waals surface area (Å²) in [5, 5.41) is 3.06. The summed E-state index contributed by atoms with van der Waals surface area (Å²) >= 11 is 0. The number of fused-ring (bicyclic) bond motifs is 1. The topological polar surface area (TPSA) is 99.3 Å². The van der Waals surface area contributed by atoms with Crippen LogP contribution >= 0.6 is 0 Å². The van der Waals surface area contributed by atoms with E-state index in [9.17, 15) is 22.4 Å². The van der Waals surface area contributed by atoms with E-state index in [4.69, 9.17) is 0 Å². The molecule has 33 heavy (non-hydrogen) atoms. The van der Waals surface area contributed by atoms with Gasteiger partial charge in [0.05, 0.1) is 10.5 Å². The molecule has 1 aliphatic heterocycles. The summed E-state index contributed by atoms with van der Waals surface area (Å²) in [4.78, 5) is 27.8. The minimum absolute atomic E-state index is 0.0477. The first-order valence-electron chi connectivity index (χ1n) is 11.0. The van der Waals surface area contributed by atoms with E-state index in [1.54, 1.807) is 16.4 Å². The van der Waals surface area contributed by atoms with Gasteiger partial charge in [-0.15, -0.1) is 0 Å². The number of nitrogens with zero attached hydrogens (tertiary/aromatic N) is 1. The molecule has 3 aromatic rings. The van der Waals surface area contributed by atoms with Crippen molar-refractivity contribution in [3.8, 4) is 0 Å². The number of hydrogen-bond donors (Lipinski definition) is 2. The lowest BCUT2D eigenvalue weighted by atomic mass is 10.0. The quantitative estimate of drug-likeness (QED) is 0.574. The molecule has 1 aliphatic rings. The van der Waals surface area contributed by atoms with Gasteiger partial charge >= 0.3 is 0 Å². The molecular formula is C24H26FN3O4S. The molecule has 1 aromatic heterocycles. The van der Waals surface area contributed by atoms with Crippen LogP contribution in [0.15, 0.2) is 58.2 Å². The number of aromatic amines is 1. The first kappa shape index (κ1) is 23.1. The van der Waals surface area contributed by atoms with Gasteiger partial charge in [0, 0.05) is 36.1 Å². The number of rotatable bonds is 6. The highest BCUT2D eigenvalue weighted by molar-refractivity contribution is 7.89. The number of aromatic nitrogens is 1. The smallest absolute Gasteiger partial charge is 0.252 e. The average molecular weight is 472 g/mol. The molecule has 1 atom stereocenters. The number of piperidine rings is 1. The minimum atomic E-state index is -3.75. The van der Waals surface area contributed by atoms with E-state index >= 15 is 0 Å². The van der Waals surface area contributed by atoms with Crippen molar-refractivity contribution in [1.82, 2.24) is 14.6 Å². The highest BCUT2D eigenvalue weighted by Crippen LogP contribution is 2.29. The molecule has 2 heterocycles. The molecule has 1 fully saturated rings. The molecule has 7 nitrogen and oxygen atoms in total. The van der Waals surface area contributed by atoms with Crippen LogP contribution in [0.4, 0.5) is 4.39 Å². The molecule has 1 saturated heterocycles. The molecule has 0 aliphatic carbocycles. The maximum Gasteiger partial charge on any atom is 0.252 e. The second-order valence-electron chi connectivity index (χ2n) is 8.24. The Bertz CT molecular complexity index is 1340. The number of carbonyl (C=O) groups is 1. The number of pyridine rings is 1. The van der Waals surface area contributed by atoms with Crippen molar-refractivity contribution in [3.63, 3.8) is 0 Å². The van der Waals surface area contributed by atoms with Crippen LogP contribution in [0.5, 0.6) is 0 Å². The zero-order chi connectivity index (χ0) is 23.6. The molecule has 0 bridgehead atoms. The fraction of sp³-hybridized carbons (Fsp3) is 0.333. The van der Waals surface area contributed by atoms with Crippen molar-refractivity contribution >= 4 is 26.8 Å². The lowest BCUT2D eigenvalue weighted by molar-refractivity contribution is 0.0952. The van der Waals surface area contributed by atoms with E-state index in [2.05, 4.69) is 10.3 Å². The number of H-pyrrole nitrogens is 1. The fourth-order valence-corrected chi connectivity index (χ4v) is 6.09. The Hall–Kier alpha value is -3.04. The normalized spacial score (nSPS) is 17.2. The van der Waals surface area contributed by atoms with Crippen molar-refractivity contribution in [2.75, 3.05) is 6.54 Å². The third-order valence-corrected chi connectivity index (χ3v) is 8.02. The van der Waals surface area contributed by atoms with E-state index in [-0.39, 0.29) is 28.9 Å². The summed E-state index contributed by atoms with van der Waals surface area (Å²) in [6, 6.07) is 11.3. The number of carbonyl (C=O) groups excluding carboxylic acids is 1.